The molecule has 2 atom stereocenters. The molecule has 0 saturated carbocycles. The molecule has 0 unspecified atom stereocenters. The lowest BCUT2D eigenvalue weighted by atomic mass is 10.1. The highest BCUT2D eigenvalue weighted by Gasteiger charge is 2.36. The fraction of sp³-hybridized carbons (Fsp3) is 0.333. The Morgan fingerprint density at radius 3 is 2.78 bits per heavy atom. The van der Waals surface area contributed by atoms with E-state index >= 15 is 0 Å². The molecule has 1 saturated heterocycles. The average Bonchev–Trinajstić information content (AvgIpc) is 3.68. The van der Waals surface area contributed by atoms with E-state index in [1.807, 2.05) is 54.8 Å². The van der Waals surface area contributed by atoms with E-state index in [4.69, 9.17) is 9.47 Å². The minimum absolute atomic E-state index is 0.0223. The number of anilines is 1. The molecule has 0 bridgehead atoms. The Kier molecular flexibility index (Phi) is 7.47. The van der Waals surface area contributed by atoms with Crippen molar-refractivity contribution < 1.29 is 19.1 Å². The molecule has 192 valence electrons. The van der Waals surface area contributed by atoms with Gasteiger partial charge in [0.15, 0.2) is 6.04 Å². The zero-order valence-electron chi connectivity index (χ0n) is 20.8. The number of hydrogen-bond acceptors (Lipinski definition) is 7. The molecule has 2 aromatic heterocycles. The van der Waals surface area contributed by atoms with Gasteiger partial charge in [-0.2, -0.15) is 0 Å². The van der Waals surface area contributed by atoms with E-state index in [9.17, 15) is 9.59 Å². The third-order valence-corrected chi connectivity index (χ3v) is 7.57. The predicted molar refractivity (Wildman–Crippen MR) is 142 cm³/mol. The number of carbonyl (C=O) groups is 2. The Balaban J connectivity index is 1.55. The summed E-state index contributed by atoms with van der Waals surface area (Å²) < 4.78 is 12.9. The number of rotatable bonds is 9. The molecule has 1 N–H and O–H groups in total. The summed E-state index contributed by atoms with van der Waals surface area (Å²) in [5.41, 5.74) is 2.87. The molecule has 2 amide bonds. The van der Waals surface area contributed by atoms with E-state index in [0.717, 1.165) is 28.8 Å². The molecule has 2 aromatic carbocycles. The number of benzene rings is 2. The SMILES string of the molecule is COc1ccccc1N(C(=O)Cn1nnc2ccccc21)[C@H](C(=O)NC[C@@H]1CCCO1)c1sccc1C. The predicted octanol–water partition coefficient (Wildman–Crippen LogP) is 3.88. The molecule has 0 aliphatic carbocycles. The maximum Gasteiger partial charge on any atom is 0.249 e. The van der Waals surface area contributed by atoms with Crippen molar-refractivity contribution in [3.63, 3.8) is 0 Å². The quantitative estimate of drug-likeness (QED) is 0.360. The summed E-state index contributed by atoms with van der Waals surface area (Å²) in [4.78, 5) is 30.3. The van der Waals surface area contributed by atoms with E-state index in [1.165, 1.54) is 16.2 Å². The Morgan fingerprint density at radius 1 is 1.22 bits per heavy atom. The molecule has 0 spiro atoms. The lowest BCUT2D eigenvalue weighted by molar-refractivity contribution is -0.127. The third-order valence-electron chi connectivity index (χ3n) is 6.50. The van der Waals surface area contributed by atoms with Crippen molar-refractivity contribution >= 4 is 39.9 Å². The number of thiophene rings is 1. The zero-order chi connectivity index (χ0) is 25.8. The van der Waals surface area contributed by atoms with Crippen LogP contribution >= 0.6 is 11.3 Å². The lowest BCUT2D eigenvalue weighted by Crippen LogP contribution is -2.46. The largest absolute Gasteiger partial charge is 0.495 e. The van der Waals surface area contributed by atoms with Gasteiger partial charge in [0.05, 0.1) is 24.4 Å². The molecule has 5 rings (SSSR count). The number of nitrogens with one attached hydrogen (secondary N) is 1. The van der Waals surface area contributed by atoms with Crippen LogP contribution in [0.2, 0.25) is 0 Å². The van der Waals surface area contributed by atoms with Gasteiger partial charge in [-0.05, 0) is 61.0 Å². The van der Waals surface area contributed by atoms with E-state index in [2.05, 4.69) is 15.6 Å². The van der Waals surface area contributed by atoms with Crippen molar-refractivity contribution in [2.75, 3.05) is 25.2 Å². The van der Waals surface area contributed by atoms with Crippen molar-refractivity contribution in [2.24, 2.45) is 0 Å². The van der Waals surface area contributed by atoms with Crippen LogP contribution in [0.15, 0.2) is 60.0 Å². The number of carbonyl (C=O) groups excluding carboxylic acids is 2. The Hall–Kier alpha value is -3.76. The van der Waals surface area contributed by atoms with Gasteiger partial charge in [0.25, 0.3) is 0 Å². The van der Waals surface area contributed by atoms with Gasteiger partial charge in [-0.15, -0.1) is 16.4 Å². The Bertz CT molecular complexity index is 1390. The van der Waals surface area contributed by atoms with Crippen LogP contribution in [0, 0.1) is 6.92 Å². The molecule has 1 aliphatic rings. The maximum atomic E-state index is 14.1. The minimum Gasteiger partial charge on any atom is -0.495 e. The number of para-hydroxylation sites is 3. The molecule has 0 radical (unpaired) electrons. The van der Waals surface area contributed by atoms with E-state index in [1.54, 1.807) is 23.9 Å². The second-order valence-corrected chi connectivity index (χ2v) is 9.87. The average molecular weight is 520 g/mol. The van der Waals surface area contributed by atoms with Crippen LogP contribution in [0.1, 0.15) is 29.3 Å². The summed E-state index contributed by atoms with van der Waals surface area (Å²) in [6, 6.07) is 15.7. The number of aryl methyl sites for hydroxylation is 1. The summed E-state index contributed by atoms with van der Waals surface area (Å²) in [7, 11) is 1.55. The van der Waals surface area contributed by atoms with Crippen molar-refractivity contribution in [1.82, 2.24) is 20.3 Å². The highest BCUT2D eigenvalue weighted by atomic mass is 32.1. The van der Waals surface area contributed by atoms with E-state index in [-0.39, 0.29) is 24.5 Å². The van der Waals surface area contributed by atoms with Crippen LogP contribution in [-0.4, -0.2) is 53.2 Å². The van der Waals surface area contributed by atoms with Crippen molar-refractivity contribution in [3.05, 3.63) is 70.4 Å². The van der Waals surface area contributed by atoms with Crippen LogP contribution in [0.25, 0.3) is 11.0 Å². The van der Waals surface area contributed by atoms with Crippen LogP contribution < -0.4 is 15.0 Å². The number of aromatic nitrogens is 3. The van der Waals surface area contributed by atoms with Gasteiger partial charge in [-0.3, -0.25) is 14.5 Å². The highest BCUT2D eigenvalue weighted by Crippen LogP contribution is 2.38. The van der Waals surface area contributed by atoms with Crippen molar-refractivity contribution in [1.29, 1.82) is 0 Å². The molecular formula is C27H29N5O4S. The fourth-order valence-electron chi connectivity index (χ4n) is 4.62. The summed E-state index contributed by atoms with van der Waals surface area (Å²) in [6.45, 7) is 2.94. The normalized spacial score (nSPS) is 16.0. The summed E-state index contributed by atoms with van der Waals surface area (Å²) in [6.07, 6.45) is 1.86. The monoisotopic (exact) mass is 519 g/mol. The van der Waals surface area contributed by atoms with Gasteiger partial charge in [-0.25, -0.2) is 4.68 Å². The Morgan fingerprint density at radius 2 is 2.03 bits per heavy atom. The minimum atomic E-state index is -0.903. The van der Waals surface area contributed by atoms with Crippen molar-refractivity contribution in [2.45, 2.75) is 38.5 Å². The van der Waals surface area contributed by atoms with Gasteiger partial charge >= 0.3 is 0 Å². The molecule has 1 aliphatic heterocycles. The fourth-order valence-corrected chi connectivity index (χ4v) is 5.63. The molecular weight excluding hydrogens is 490 g/mol. The summed E-state index contributed by atoms with van der Waals surface area (Å²) in [5, 5.41) is 13.4. The first kappa shape index (κ1) is 24.9. The highest BCUT2D eigenvalue weighted by molar-refractivity contribution is 7.10. The molecule has 1 fully saturated rings. The van der Waals surface area contributed by atoms with Crippen LogP contribution in [-0.2, 0) is 20.9 Å². The van der Waals surface area contributed by atoms with Gasteiger partial charge in [-0.1, -0.05) is 29.5 Å². The second kappa shape index (κ2) is 11.1. The molecule has 3 heterocycles. The molecule has 9 nitrogen and oxygen atoms in total. The number of methoxy groups -OCH3 is 1. The van der Waals surface area contributed by atoms with Crippen LogP contribution in [0.3, 0.4) is 0 Å². The van der Waals surface area contributed by atoms with Gasteiger partial charge < -0.3 is 14.8 Å². The number of ether oxygens (including phenoxy) is 2. The molecule has 37 heavy (non-hydrogen) atoms. The molecule has 4 aromatic rings. The number of hydrogen-bond donors (Lipinski definition) is 1. The van der Waals surface area contributed by atoms with E-state index < -0.39 is 6.04 Å². The first-order chi connectivity index (χ1) is 18.1. The number of fused-ring (bicyclic) bond motifs is 1. The first-order valence-electron chi connectivity index (χ1n) is 12.2. The zero-order valence-corrected chi connectivity index (χ0v) is 21.6. The van der Waals surface area contributed by atoms with Crippen molar-refractivity contribution in [3.8, 4) is 5.75 Å². The third kappa shape index (κ3) is 5.21. The number of nitrogens with zero attached hydrogens (tertiary/aromatic N) is 4. The summed E-state index contributed by atoms with van der Waals surface area (Å²) >= 11 is 1.45. The van der Waals surface area contributed by atoms with Gasteiger partial charge in [0.2, 0.25) is 11.8 Å². The smallest absolute Gasteiger partial charge is 0.249 e. The number of amides is 2. The Labute approximate surface area is 219 Å². The van der Waals surface area contributed by atoms with Gasteiger partial charge in [0.1, 0.15) is 17.8 Å². The first-order valence-corrected chi connectivity index (χ1v) is 13.1. The van der Waals surface area contributed by atoms with Crippen LogP contribution in [0.5, 0.6) is 5.75 Å². The second-order valence-electron chi connectivity index (χ2n) is 8.92. The van der Waals surface area contributed by atoms with Gasteiger partial charge in [0, 0.05) is 18.0 Å². The topological polar surface area (TPSA) is 98.6 Å². The van der Waals surface area contributed by atoms with E-state index in [0.29, 0.717) is 30.1 Å². The van der Waals surface area contributed by atoms with Crippen LogP contribution in [0.4, 0.5) is 5.69 Å². The maximum absolute atomic E-state index is 14.1. The molecule has 10 heteroatoms. The summed E-state index contributed by atoms with van der Waals surface area (Å²) in [5.74, 6) is -0.0978. The standard InChI is InChI=1S/C27H29N5O4S/c1-18-13-15-37-26(18)25(27(34)28-16-19-8-7-14-36-19)32(22-11-5-6-12-23(22)35-2)24(33)17-31-21-10-4-3-9-20(21)29-30-31/h3-6,9-13,15,19,25H,7-8,14,16-17H2,1-2H3,(H,28,34)/t19-,25-/m0/s1. The lowest BCUT2D eigenvalue weighted by Gasteiger charge is -2.32.